The number of nitrogens with one attached hydrogen (secondary N) is 6. The van der Waals surface area contributed by atoms with Gasteiger partial charge in [-0.1, -0.05) is 17.7 Å². The van der Waals surface area contributed by atoms with Gasteiger partial charge in [0.15, 0.2) is 22.3 Å². The number of amides is 1. The van der Waals surface area contributed by atoms with Crippen LogP contribution < -0.4 is 43.4 Å². The lowest BCUT2D eigenvalue weighted by atomic mass is 10.2. The number of imidazole rings is 2. The van der Waals surface area contributed by atoms with Crippen LogP contribution in [-0.2, 0) is 4.79 Å². The molecule has 19 nitrogen and oxygen atoms in total. The van der Waals surface area contributed by atoms with Crippen LogP contribution in [0.4, 0.5) is 17.2 Å². The molecule has 0 radical (unpaired) electrons. The van der Waals surface area contributed by atoms with Gasteiger partial charge in [-0.25, -0.2) is 19.6 Å². The monoisotopic (exact) mass is 750 g/mol. The number of halogens is 1. The molecule has 0 unspecified atom stereocenters. The summed E-state index contributed by atoms with van der Waals surface area (Å²) in [6.07, 6.45) is 10.5. The van der Waals surface area contributed by atoms with Crippen molar-refractivity contribution in [2.75, 3.05) is 10.6 Å². The summed E-state index contributed by atoms with van der Waals surface area (Å²) in [5.74, 6) is -0.118. The predicted octanol–water partition coefficient (Wildman–Crippen LogP) is 0.480. The van der Waals surface area contributed by atoms with E-state index in [0.29, 0.717) is 55.4 Å². The smallest absolute Gasteiger partial charge is 0.326 e. The molecule has 7 aromatic rings. The van der Waals surface area contributed by atoms with Crippen molar-refractivity contribution >= 4 is 58.1 Å². The number of fused-ring (bicyclic) bond motifs is 2. The van der Waals surface area contributed by atoms with E-state index < -0.39 is 11.4 Å². The molecule has 2 aliphatic rings. The molecule has 6 aromatic heterocycles. The lowest BCUT2D eigenvalue weighted by molar-refractivity contribution is -0.114. The van der Waals surface area contributed by atoms with E-state index >= 15 is 0 Å². The van der Waals surface area contributed by atoms with Gasteiger partial charge in [0.2, 0.25) is 17.7 Å². The van der Waals surface area contributed by atoms with Crippen molar-refractivity contribution < 1.29 is 15.0 Å². The van der Waals surface area contributed by atoms with Crippen molar-refractivity contribution in [2.24, 2.45) is 9.98 Å². The van der Waals surface area contributed by atoms with Gasteiger partial charge < -0.3 is 30.8 Å². The van der Waals surface area contributed by atoms with Gasteiger partial charge in [-0.05, 0) is 56.0 Å². The second-order valence-corrected chi connectivity index (χ2v) is 13.1. The van der Waals surface area contributed by atoms with Crippen LogP contribution in [0.15, 0.2) is 68.4 Å². The highest BCUT2D eigenvalue weighted by atomic mass is 35.5. The molecule has 1 amide bonds. The third kappa shape index (κ3) is 7.60. The van der Waals surface area contributed by atoms with E-state index in [1.165, 1.54) is 6.92 Å². The molecule has 9 rings (SSSR count). The fourth-order valence-electron chi connectivity index (χ4n) is 5.45. The maximum atomic E-state index is 11.5. The number of aromatic amines is 4. The van der Waals surface area contributed by atoms with Crippen LogP contribution in [0.5, 0.6) is 11.8 Å². The van der Waals surface area contributed by atoms with E-state index in [9.17, 15) is 24.6 Å². The molecule has 6 heterocycles. The predicted molar refractivity (Wildman–Crippen MR) is 196 cm³/mol. The third-order valence-corrected chi connectivity index (χ3v) is 8.37. The minimum absolute atomic E-state index is 0.155. The Kier molecular flexibility index (Phi) is 8.74. The normalized spacial score (nSPS) is 15.6. The maximum Gasteiger partial charge on any atom is 0.326 e. The molecule has 274 valence electrons. The number of H-pyrrole nitrogens is 4. The Labute approximate surface area is 306 Å². The quantitative estimate of drug-likeness (QED) is 0.104. The molecule has 0 spiro atoms. The van der Waals surface area contributed by atoms with Crippen LogP contribution in [0.3, 0.4) is 0 Å². The number of carbonyl (C=O) groups is 1. The SMILES string of the molecule is CC(=O)Nc1cccc(Nc2cc(=NC3CC3)n3ncc(=Cc4[nH]c(=O)[nH]c4O)c3n2)c1.O=c1[nH]c(O)c(C=c2cnn3c(=NC4CC4)cc(Cl)nc23)[nH]1. The molecule has 2 aliphatic carbocycles. The Morgan fingerprint density at radius 1 is 0.815 bits per heavy atom. The number of nitrogens with zero attached hydrogens (tertiary/aromatic N) is 8. The van der Waals surface area contributed by atoms with E-state index in [-0.39, 0.29) is 35.1 Å². The van der Waals surface area contributed by atoms with Crippen LogP contribution in [-0.4, -0.2) is 77.3 Å². The highest BCUT2D eigenvalue weighted by Gasteiger charge is 2.21. The average molecular weight is 751 g/mol. The highest BCUT2D eigenvalue weighted by Crippen LogP contribution is 2.24. The lowest BCUT2D eigenvalue weighted by Gasteiger charge is -2.09. The third-order valence-electron chi connectivity index (χ3n) is 8.18. The topological polar surface area (TPSA) is 264 Å². The van der Waals surface area contributed by atoms with Crippen LogP contribution in [0.25, 0.3) is 23.4 Å². The lowest BCUT2D eigenvalue weighted by Crippen LogP contribution is -2.19. The largest absolute Gasteiger partial charge is 0.493 e. The van der Waals surface area contributed by atoms with Crippen molar-refractivity contribution in [2.45, 2.75) is 44.7 Å². The van der Waals surface area contributed by atoms with Crippen molar-refractivity contribution in [3.05, 3.63) is 108 Å². The molecule has 0 bridgehead atoms. The summed E-state index contributed by atoms with van der Waals surface area (Å²) >= 11 is 6.06. The molecule has 54 heavy (non-hydrogen) atoms. The maximum absolute atomic E-state index is 11.5. The zero-order chi connectivity index (χ0) is 37.5. The summed E-state index contributed by atoms with van der Waals surface area (Å²) in [4.78, 5) is 61.7. The number of benzene rings is 1. The van der Waals surface area contributed by atoms with E-state index in [1.807, 2.05) is 18.2 Å². The van der Waals surface area contributed by atoms with E-state index in [4.69, 9.17) is 16.6 Å². The molecular formula is C34H31ClN14O5. The number of rotatable bonds is 7. The zero-order valence-corrected chi connectivity index (χ0v) is 29.1. The summed E-state index contributed by atoms with van der Waals surface area (Å²) in [5.41, 5.74) is 3.19. The van der Waals surface area contributed by atoms with E-state index in [2.05, 4.69) is 55.7 Å². The minimum atomic E-state index is -0.510. The zero-order valence-electron chi connectivity index (χ0n) is 28.3. The molecule has 0 aliphatic heterocycles. The van der Waals surface area contributed by atoms with E-state index in [1.54, 1.807) is 51.8 Å². The first kappa shape index (κ1) is 34.1. The summed E-state index contributed by atoms with van der Waals surface area (Å²) in [6, 6.07) is 11.3. The van der Waals surface area contributed by atoms with Gasteiger partial charge >= 0.3 is 11.4 Å². The highest BCUT2D eigenvalue weighted by molar-refractivity contribution is 6.29. The molecule has 0 saturated heterocycles. The molecule has 1 aromatic carbocycles. The molecule has 0 atom stereocenters. The second-order valence-electron chi connectivity index (χ2n) is 12.7. The fourth-order valence-corrected chi connectivity index (χ4v) is 5.63. The number of hydrogen-bond acceptors (Lipinski definition) is 12. The van der Waals surface area contributed by atoms with Crippen molar-refractivity contribution in [1.82, 2.24) is 49.1 Å². The Balaban J connectivity index is 0.000000164. The molecule has 20 heteroatoms. The fraction of sp³-hybridized carbons (Fsp3) is 0.206. The Hall–Kier alpha value is -7.02. The van der Waals surface area contributed by atoms with E-state index in [0.717, 1.165) is 31.4 Å². The van der Waals surface area contributed by atoms with Crippen molar-refractivity contribution in [3.63, 3.8) is 0 Å². The Morgan fingerprint density at radius 2 is 1.35 bits per heavy atom. The van der Waals surface area contributed by atoms with Crippen LogP contribution in [0.1, 0.15) is 44.0 Å². The van der Waals surface area contributed by atoms with Crippen molar-refractivity contribution in [1.29, 1.82) is 0 Å². The first-order valence-corrected chi connectivity index (χ1v) is 17.1. The first-order chi connectivity index (χ1) is 26.0. The number of hydrogen-bond donors (Lipinski definition) is 8. The first-order valence-electron chi connectivity index (χ1n) is 16.8. The Morgan fingerprint density at radius 3 is 1.87 bits per heavy atom. The standard InChI is InChI=1S/C21H20N8O3.C13H11ClN6O2/c1-11(30)23-14-3-2-4-15(8-14)24-17-9-18(25-13-5-6-13)29-19(27-17)12(10-22-29)7-16-20(31)28-21(32)26-16;14-9-4-10(16-7-1-2-7)20-11(18-9)6(5-15-20)3-8-12(21)19-13(22)17-8/h2-4,7-10,13,24,31H,5-6H2,1H3,(H,23,30)(H2,26,28,32);3-5,7,21H,1-2H2,(H2,17,19,22). The molecule has 2 fully saturated rings. The minimum Gasteiger partial charge on any atom is -0.493 e. The van der Waals surface area contributed by atoms with Gasteiger partial charge in [0.25, 0.3) is 0 Å². The average Bonchev–Trinajstić information content (AvgIpc) is 3.97. The van der Waals surface area contributed by atoms with Gasteiger partial charge in [0.1, 0.15) is 22.4 Å². The number of anilines is 3. The summed E-state index contributed by atoms with van der Waals surface area (Å²) in [5, 5.41) is 35.7. The van der Waals surface area contributed by atoms with Crippen LogP contribution in [0, 0.1) is 0 Å². The number of aromatic hydroxyl groups is 2. The van der Waals surface area contributed by atoms with Crippen molar-refractivity contribution in [3.8, 4) is 11.8 Å². The second kappa shape index (κ2) is 13.8. The van der Waals surface area contributed by atoms with Gasteiger partial charge in [-0.15, -0.1) is 0 Å². The number of carbonyl (C=O) groups excluding carboxylic acids is 1. The number of aromatic nitrogens is 10. The summed E-state index contributed by atoms with van der Waals surface area (Å²) in [6.45, 7) is 1.45. The molecule has 2 saturated carbocycles. The van der Waals surface area contributed by atoms with Crippen LogP contribution >= 0.6 is 11.6 Å². The van der Waals surface area contributed by atoms with Gasteiger partial charge in [0, 0.05) is 40.9 Å². The van der Waals surface area contributed by atoms with Crippen LogP contribution in [0.2, 0.25) is 5.15 Å². The molecule has 8 N–H and O–H groups in total. The van der Waals surface area contributed by atoms with Gasteiger partial charge in [-0.3, -0.25) is 24.7 Å². The summed E-state index contributed by atoms with van der Waals surface area (Å²) < 4.78 is 3.22. The summed E-state index contributed by atoms with van der Waals surface area (Å²) in [7, 11) is 0. The van der Waals surface area contributed by atoms with Gasteiger partial charge in [-0.2, -0.15) is 19.2 Å². The Bertz CT molecular complexity index is 2950. The van der Waals surface area contributed by atoms with Gasteiger partial charge in [0.05, 0.1) is 24.5 Å². The molecular weight excluding hydrogens is 720 g/mol.